The zero-order valence-electron chi connectivity index (χ0n) is 11.3. The maximum atomic E-state index is 6.10. The van der Waals surface area contributed by atoms with Gasteiger partial charge in [-0.05, 0) is 41.1 Å². The maximum absolute atomic E-state index is 6.10. The monoisotopic (exact) mass is 453 g/mol. The van der Waals surface area contributed by atoms with Crippen molar-refractivity contribution in [1.29, 1.82) is 0 Å². The number of anilines is 1. The number of rotatable bonds is 2. The maximum Gasteiger partial charge on any atom is 0.153 e. The van der Waals surface area contributed by atoms with Gasteiger partial charge in [0.25, 0.3) is 0 Å². The molecule has 0 spiro atoms. The summed E-state index contributed by atoms with van der Waals surface area (Å²) >= 11 is 5.95. The predicted octanol–water partition coefficient (Wildman–Crippen LogP) is 5.00. The van der Waals surface area contributed by atoms with Crippen molar-refractivity contribution in [3.05, 3.63) is 56.1 Å². The number of aromatic amines is 1. The van der Waals surface area contributed by atoms with E-state index in [-0.39, 0.29) is 0 Å². The molecule has 1 heterocycles. The van der Waals surface area contributed by atoms with Crippen LogP contribution in [0.4, 0.5) is 5.82 Å². The van der Waals surface area contributed by atoms with Gasteiger partial charge < -0.3 is 5.73 Å². The molecule has 0 unspecified atom stereocenters. The zero-order chi connectivity index (χ0) is 15.0. The number of aryl methyl sites for hydroxylation is 1. The summed E-state index contributed by atoms with van der Waals surface area (Å²) in [6.07, 6.45) is 0. The summed E-state index contributed by atoms with van der Waals surface area (Å²) in [7, 11) is 0. The van der Waals surface area contributed by atoms with Crippen LogP contribution in [0.2, 0.25) is 0 Å². The lowest BCUT2D eigenvalue weighted by molar-refractivity contribution is 1.10. The highest BCUT2D eigenvalue weighted by Gasteiger charge is 2.18. The fourth-order valence-corrected chi connectivity index (χ4v) is 3.44. The van der Waals surface area contributed by atoms with Crippen LogP contribution >= 0.6 is 38.5 Å². The van der Waals surface area contributed by atoms with Crippen molar-refractivity contribution in [3.63, 3.8) is 0 Å². The Labute approximate surface area is 145 Å². The van der Waals surface area contributed by atoms with Crippen LogP contribution in [0.25, 0.3) is 22.4 Å². The minimum Gasteiger partial charge on any atom is -0.382 e. The van der Waals surface area contributed by atoms with Gasteiger partial charge in [-0.1, -0.05) is 52.3 Å². The molecule has 0 radical (unpaired) electrons. The fraction of sp³-hybridized carbons (Fsp3) is 0.0625. The average molecular weight is 454 g/mol. The van der Waals surface area contributed by atoms with E-state index in [0.717, 1.165) is 26.9 Å². The molecule has 3 nitrogen and oxygen atoms in total. The van der Waals surface area contributed by atoms with Crippen molar-refractivity contribution < 1.29 is 0 Å². The summed E-state index contributed by atoms with van der Waals surface area (Å²) in [5.41, 5.74) is 11.4. The first-order chi connectivity index (χ1) is 10.1. The average Bonchev–Trinajstić information content (AvgIpc) is 2.84. The van der Waals surface area contributed by atoms with Gasteiger partial charge in [0.05, 0.1) is 11.3 Å². The van der Waals surface area contributed by atoms with E-state index in [2.05, 4.69) is 67.8 Å². The standard InChI is InChI=1S/C16H13BrIN3/c1-9-5-4-7-11(14(9)18)15-13(16(19)21-20-15)10-6-2-3-8-12(10)17/h2-8H,1H3,(H3,19,20,21). The predicted molar refractivity (Wildman–Crippen MR) is 99.0 cm³/mol. The highest BCUT2D eigenvalue weighted by molar-refractivity contribution is 14.1. The Balaban J connectivity index is 2.28. The highest BCUT2D eigenvalue weighted by atomic mass is 127. The largest absolute Gasteiger partial charge is 0.382 e. The highest BCUT2D eigenvalue weighted by Crippen LogP contribution is 2.40. The van der Waals surface area contributed by atoms with E-state index >= 15 is 0 Å². The van der Waals surface area contributed by atoms with Crippen LogP contribution in [0.3, 0.4) is 0 Å². The number of halogens is 2. The second kappa shape index (κ2) is 5.81. The van der Waals surface area contributed by atoms with Crippen molar-refractivity contribution in [2.24, 2.45) is 0 Å². The smallest absolute Gasteiger partial charge is 0.153 e. The van der Waals surface area contributed by atoms with E-state index < -0.39 is 0 Å². The molecule has 3 aromatic rings. The number of benzene rings is 2. The van der Waals surface area contributed by atoms with Crippen molar-refractivity contribution in [3.8, 4) is 22.4 Å². The molecule has 0 fully saturated rings. The quantitative estimate of drug-likeness (QED) is 0.536. The van der Waals surface area contributed by atoms with Crippen LogP contribution in [-0.2, 0) is 0 Å². The lowest BCUT2D eigenvalue weighted by atomic mass is 10.00. The van der Waals surface area contributed by atoms with Gasteiger partial charge >= 0.3 is 0 Å². The SMILES string of the molecule is Cc1cccc(-c2[nH]nc(N)c2-c2ccccc2Br)c1I. The molecule has 3 rings (SSSR count). The first kappa shape index (κ1) is 14.6. The summed E-state index contributed by atoms with van der Waals surface area (Å²) < 4.78 is 2.20. The molecule has 0 aliphatic carbocycles. The van der Waals surface area contributed by atoms with Crippen LogP contribution in [0.15, 0.2) is 46.9 Å². The summed E-state index contributed by atoms with van der Waals surface area (Å²) in [6, 6.07) is 14.3. The van der Waals surface area contributed by atoms with E-state index in [1.165, 1.54) is 9.13 Å². The molecule has 3 N–H and O–H groups in total. The van der Waals surface area contributed by atoms with Gasteiger partial charge in [0.1, 0.15) is 0 Å². The zero-order valence-corrected chi connectivity index (χ0v) is 15.1. The molecule has 0 aliphatic heterocycles. The van der Waals surface area contributed by atoms with Gasteiger partial charge in [-0.25, -0.2) is 0 Å². The van der Waals surface area contributed by atoms with Crippen molar-refractivity contribution >= 4 is 44.3 Å². The van der Waals surface area contributed by atoms with Crippen LogP contribution in [0.5, 0.6) is 0 Å². The Morgan fingerprint density at radius 2 is 1.81 bits per heavy atom. The number of nitrogen functional groups attached to an aromatic ring is 1. The molecule has 0 bridgehead atoms. The number of nitrogens with zero attached hydrogens (tertiary/aromatic N) is 1. The molecule has 0 saturated heterocycles. The van der Waals surface area contributed by atoms with E-state index in [4.69, 9.17) is 5.73 Å². The van der Waals surface area contributed by atoms with Gasteiger partial charge in [-0.2, -0.15) is 5.10 Å². The van der Waals surface area contributed by atoms with Crippen molar-refractivity contribution in [2.45, 2.75) is 6.92 Å². The lowest BCUT2D eigenvalue weighted by Gasteiger charge is -2.10. The van der Waals surface area contributed by atoms with Crippen LogP contribution < -0.4 is 5.73 Å². The molecule has 0 saturated carbocycles. The van der Waals surface area contributed by atoms with Crippen LogP contribution in [0.1, 0.15) is 5.56 Å². The third kappa shape index (κ3) is 2.60. The van der Waals surface area contributed by atoms with E-state index in [1.807, 2.05) is 30.3 Å². The molecular weight excluding hydrogens is 441 g/mol. The molecule has 21 heavy (non-hydrogen) atoms. The van der Waals surface area contributed by atoms with Gasteiger partial charge in [0.15, 0.2) is 5.82 Å². The second-order valence-corrected chi connectivity index (χ2v) is 6.71. The Kier molecular flexibility index (Phi) is 4.03. The normalized spacial score (nSPS) is 10.8. The molecule has 5 heteroatoms. The Morgan fingerprint density at radius 3 is 2.57 bits per heavy atom. The minimum absolute atomic E-state index is 0.509. The Bertz CT molecular complexity index is 811. The van der Waals surface area contributed by atoms with E-state index in [9.17, 15) is 0 Å². The number of hydrogen-bond acceptors (Lipinski definition) is 2. The fourth-order valence-electron chi connectivity index (χ4n) is 2.33. The number of nitrogens with one attached hydrogen (secondary N) is 1. The number of hydrogen-bond donors (Lipinski definition) is 2. The lowest BCUT2D eigenvalue weighted by Crippen LogP contribution is -1.92. The summed E-state index contributed by atoms with van der Waals surface area (Å²) in [5.74, 6) is 0.509. The Hall–Kier alpha value is -1.34. The molecule has 2 aromatic carbocycles. The molecule has 0 atom stereocenters. The molecule has 0 aliphatic rings. The number of H-pyrrole nitrogens is 1. The number of nitrogens with two attached hydrogens (primary N) is 1. The van der Waals surface area contributed by atoms with E-state index in [1.54, 1.807) is 0 Å². The van der Waals surface area contributed by atoms with Gasteiger partial charge in [-0.15, -0.1) is 0 Å². The number of aromatic nitrogens is 2. The summed E-state index contributed by atoms with van der Waals surface area (Å²) in [6.45, 7) is 2.10. The first-order valence-electron chi connectivity index (χ1n) is 6.44. The van der Waals surface area contributed by atoms with Gasteiger partial charge in [0.2, 0.25) is 0 Å². The molecule has 106 valence electrons. The van der Waals surface area contributed by atoms with E-state index in [0.29, 0.717) is 5.82 Å². The van der Waals surface area contributed by atoms with Crippen molar-refractivity contribution in [1.82, 2.24) is 10.2 Å². The molecular formula is C16H13BrIN3. The summed E-state index contributed by atoms with van der Waals surface area (Å²) in [5, 5.41) is 7.29. The van der Waals surface area contributed by atoms with Gasteiger partial charge in [0, 0.05) is 19.2 Å². The topological polar surface area (TPSA) is 54.7 Å². The minimum atomic E-state index is 0.509. The van der Waals surface area contributed by atoms with Crippen LogP contribution in [-0.4, -0.2) is 10.2 Å². The van der Waals surface area contributed by atoms with Crippen molar-refractivity contribution in [2.75, 3.05) is 5.73 Å². The molecule has 0 amide bonds. The Morgan fingerprint density at radius 1 is 1.10 bits per heavy atom. The molecule has 1 aromatic heterocycles. The summed E-state index contributed by atoms with van der Waals surface area (Å²) in [4.78, 5) is 0. The van der Waals surface area contributed by atoms with Crippen LogP contribution in [0, 0.1) is 10.5 Å². The first-order valence-corrected chi connectivity index (χ1v) is 8.31. The third-order valence-electron chi connectivity index (χ3n) is 3.40. The van der Waals surface area contributed by atoms with Gasteiger partial charge in [-0.3, -0.25) is 5.10 Å². The third-order valence-corrected chi connectivity index (χ3v) is 5.52. The second-order valence-electron chi connectivity index (χ2n) is 4.78.